The summed E-state index contributed by atoms with van der Waals surface area (Å²) in [7, 11) is 1.82. The van der Waals surface area contributed by atoms with Crippen LogP contribution in [0.1, 0.15) is 20.8 Å². The number of hydrogen-bond donors (Lipinski definition) is 1. The highest BCUT2D eigenvalue weighted by Gasteiger charge is 2.19. The van der Waals surface area contributed by atoms with Crippen LogP contribution in [0.4, 0.5) is 0 Å². The van der Waals surface area contributed by atoms with Crippen LogP contribution in [0.15, 0.2) is 0 Å². The molecule has 0 saturated heterocycles. The molecule has 0 spiro atoms. The van der Waals surface area contributed by atoms with E-state index in [1.165, 1.54) is 6.92 Å². The van der Waals surface area contributed by atoms with E-state index in [1.807, 2.05) is 20.9 Å². The van der Waals surface area contributed by atoms with Gasteiger partial charge in [0.15, 0.2) is 0 Å². The Hall–Kier alpha value is -0.570. The number of hydrogen-bond acceptors (Lipinski definition) is 3. The standard InChI is InChI=1S/C7H15NO2/c1-6(9)10-7(2,3)5-8-4/h8H,5H2,1-4H3. The van der Waals surface area contributed by atoms with E-state index in [-0.39, 0.29) is 11.6 Å². The van der Waals surface area contributed by atoms with Gasteiger partial charge in [-0.05, 0) is 20.9 Å². The smallest absolute Gasteiger partial charge is 0.303 e. The van der Waals surface area contributed by atoms with Crippen molar-refractivity contribution >= 4 is 5.97 Å². The lowest BCUT2D eigenvalue weighted by atomic mass is 10.1. The molecule has 0 aromatic heterocycles. The van der Waals surface area contributed by atoms with Gasteiger partial charge in [-0.2, -0.15) is 0 Å². The minimum absolute atomic E-state index is 0.236. The summed E-state index contributed by atoms with van der Waals surface area (Å²) in [6.45, 7) is 5.82. The summed E-state index contributed by atoms with van der Waals surface area (Å²) in [6, 6.07) is 0. The zero-order valence-electron chi connectivity index (χ0n) is 7.02. The third kappa shape index (κ3) is 4.32. The zero-order valence-corrected chi connectivity index (χ0v) is 7.02. The summed E-state index contributed by atoms with van der Waals surface area (Å²) in [5.41, 5.74) is -0.388. The monoisotopic (exact) mass is 145 g/mol. The highest BCUT2D eigenvalue weighted by molar-refractivity contribution is 5.66. The Morgan fingerprint density at radius 3 is 2.40 bits per heavy atom. The molecule has 0 bridgehead atoms. The van der Waals surface area contributed by atoms with Crippen LogP contribution < -0.4 is 5.32 Å². The Bertz CT molecular complexity index is 121. The van der Waals surface area contributed by atoms with E-state index < -0.39 is 0 Å². The molecule has 0 radical (unpaired) electrons. The van der Waals surface area contributed by atoms with E-state index in [4.69, 9.17) is 4.74 Å². The molecular formula is C7H15NO2. The molecule has 10 heavy (non-hydrogen) atoms. The number of carbonyl (C=O) groups is 1. The highest BCUT2D eigenvalue weighted by Crippen LogP contribution is 2.06. The molecule has 0 rings (SSSR count). The van der Waals surface area contributed by atoms with Crippen molar-refractivity contribution in [2.75, 3.05) is 13.6 Å². The predicted molar refractivity (Wildman–Crippen MR) is 39.8 cm³/mol. The topological polar surface area (TPSA) is 38.3 Å². The van der Waals surface area contributed by atoms with Gasteiger partial charge >= 0.3 is 5.97 Å². The Kier molecular flexibility index (Phi) is 3.36. The molecule has 0 aliphatic rings. The maximum absolute atomic E-state index is 10.5. The summed E-state index contributed by atoms with van der Waals surface area (Å²) in [4.78, 5) is 10.5. The molecule has 0 fully saturated rings. The lowest BCUT2D eigenvalue weighted by molar-refractivity contribution is -0.153. The molecule has 60 valence electrons. The van der Waals surface area contributed by atoms with Gasteiger partial charge in [0.05, 0.1) is 0 Å². The first kappa shape index (κ1) is 9.43. The summed E-state index contributed by atoms with van der Waals surface area (Å²) < 4.78 is 4.98. The summed E-state index contributed by atoms with van der Waals surface area (Å²) in [6.07, 6.45) is 0. The molecule has 0 atom stereocenters. The van der Waals surface area contributed by atoms with E-state index in [1.54, 1.807) is 0 Å². The van der Waals surface area contributed by atoms with Crippen molar-refractivity contribution in [1.82, 2.24) is 5.32 Å². The van der Waals surface area contributed by atoms with Gasteiger partial charge in [0, 0.05) is 13.5 Å². The minimum atomic E-state index is -0.388. The summed E-state index contributed by atoms with van der Waals surface area (Å²) >= 11 is 0. The van der Waals surface area contributed by atoms with Crippen molar-refractivity contribution in [2.24, 2.45) is 0 Å². The maximum Gasteiger partial charge on any atom is 0.303 e. The quantitative estimate of drug-likeness (QED) is 0.589. The summed E-state index contributed by atoms with van der Waals surface area (Å²) in [5.74, 6) is -0.236. The Morgan fingerprint density at radius 1 is 1.60 bits per heavy atom. The predicted octanol–water partition coefficient (Wildman–Crippen LogP) is 0.547. The minimum Gasteiger partial charge on any atom is -0.458 e. The number of rotatable bonds is 3. The fourth-order valence-electron chi connectivity index (χ4n) is 0.851. The first-order valence-electron chi connectivity index (χ1n) is 3.32. The van der Waals surface area contributed by atoms with Crippen LogP contribution in [-0.2, 0) is 9.53 Å². The van der Waals surface area contributed by atoms with E-state index >= 15 is 0 Å². The molecule has 0 aliphatic heterocycles. The second-order valence-corrected chi connectivity index (χ2v) is 2.88. The van der Waals surface area contributed by atoms with Crippen molar-refractivity contribution < 1.29 is 9.53 Å². The molecule has 3 heteroatoms. The van der Waals surface area contributed by atoms with Crippen LogP contribution in [0.5, 0.6) is 0 Å². The largest absolute Gasteiger partial charge is 0.458 e. The van der Waals surface area contributed by atoms with Gasteiger partial charge in [0.2, 0.25) is 0 Å². The molecule has 0 unspecified atom stereocenters. The zero-order chi connectivity index (χ0) is 8.20. The van der Waals surface area contributed by atoms with E-state index in [0.29, 0.717) is 6.54 Å². The molecule has 0 aromatic carbocycles. The first-order valence-corrected chi connectivity index (χ1v) is 3.32. The van der Waals surface area contributed by atoms with Crippen LogP contribution in [0.2, 0.25) is 0 Å². The number of esters is 1. The Labute approximate surface area is 61.8 Å². The summed E-state index contributed by atoms with van der Waals surface area (Å²) in [5, 5.41) is 2.94. The molecule has 1 N–H and O–H groups in total. The fourth-order valence-corrected chi connectivity index (χ4v) is 0.851. The van der Waals surface area contributed by atoms with Gasteiger partial charge in [0.25, 0.3) is 0 Å². The van der Waals surface area contributed by atoms with Crippen LogP contribution >= 0.6 is 0 Å². The first-order chi connectivity index (χ1) is 4.48. The van der Waals surface area contributed by atoms with Crippen molar-refractivity contribution in [3.8, 4) is 0 Å². The van der Waals surface area contributed by atoms with Crippen LogP contribution in [-0.4, -0.2) is 25.2 Å². The van der Waals surface area contributed by atoms with Crippen molar-refractivity contribution in [3.05, 3.63) is 0 Å². The molecular weight excluding hydrogens is 130 g/mol. The van der Waals surface area contributed by atoms with Crippen LogP contribution in [0.25, 0.3) is 0 Å². The van der Waals surface area contributed by atoms with Crippen molar-refractivity contribution in [1.29, 1.82) is 0 Å². The molecule has 0 amide bonds. The van der Waals surface area contributed by atoms with Gasteiger partial charge in [-0.15, -0.1) is 0 Å². The Morgan fingerprint density at radius 2 is 2.10 bits per heavy atom. The molecule has 0 aliphatic carbocycles. The van der Waals surface area contributed by atoms with Gasteiger partial charge in [0.1, 0.15) is 5.60 Å². The number of ether oxygens (including phenoxy) is 1. The molecule has 0 saturated carbocycles. The fraction of sp³-hybridized carbons (Fsp3) is 0.857. The molecule has 0 aromatic rings. The van der Waals surface area contributed by atoms with Crippen molar-refractivity contribution in [3.63, 3.8) is 0 Å². The van der Waals surface area contributed by atoms with Crippen LogP contribution in [0.3, 0.4) is 0 Å². The Balaban J connectivity index is 3.74. The average Bonchev–Trinajstić information content (AvgIpc) is 1.59. The maximum atomic E-state index is 10.5. The van der Waals surface area contributed by atoms with Crippen LogP contribution in [0, 0.1) is 0 Å². The average molecular weight is 145 g/mol. The van der Waals surface area contributed by atoms with E-state index in [2.05, 4.69) is 5.32 Å². The normalized spacial score (nSPS) is 11.2. The SMILES string of the molecule is CNCC(C)(C)OC(C)=O. The second kappa shape index (κ2) is 3.56. The number of nitrogens with one attached hydrogen (secondary N) is 1. The second-order valence-electron chi connectivity index (χ2n) is 2.88. The van der Waals surface area contributed by atoms with Gasteiger partial charge in [-0.25, -0.2) is 0 Å². The lowest BCUT2D eigenvalue weighted by Crippen LogP contribution is -2.37. The number of likely N-dealkylation sites (N-methyl/N-ethyl adjacent to an activating group) is 1. The van der Waals surface area contributed by atoms with E-state index in [0.717, 1.165) is 0 Å². The molecule has 3 nitrogen and oxygen atoms in total. The third-order valence-electron chi connectivity index (χ3n) is 1.02. The van der Waals surface area contributed by atoms with Gasteiger partial charge < -0.3 is 10.1 Å². The highest BCUT2D eigenvalue weighted by atomic mass is 16.6. The molecule has 0 heterocycles. The van der Waals surface area contributed by atoms with E-state index in [9.17, 15) is 4.79 Å². The van der Waals surface area contributed by atoms with Gasteiger partial charge in [-0.1, -0.05) is 0 Å². The third-order valence-corrected chi connectivity index (χ3v) is 1.02. The number of carbonyl (C=O) groups excluding carboxylic acids is 1. The van der Waals surface area contributed by atoms with Gasteiger partial charge in [-0.3, -0.25) is 4.79 Å². The van der Waals surface area contributed by atoms with Crippen molar-refractivity contribution in [2.45, 2.75) is 26.4 Å². The lowest BCUT2D eigenvalue weighted by Gasteiger charge is -2.23.